The number of hydrogen-bond donors (Lipinski definition) is 1. The quantitative estimate of drug-likeness (QED) is 0.770. The molecule has 1 saturated heterocycles. The summed E-state index contributed by atoms with van der Waals surface area (Å²) in [5, 5.41) is 9.18. The van der Waals surface area contributed by atoms with Gasteiger partial charge < -0.3 is 10.0 Å². The van der Waals surface area contributed by atoms with E-state index < -0.39 is 16.0 Å². The maximum atomic E-state index is 12.8. The van der Waals surface area contributed by atoms with Crippen molar-refractivity contribution in [2.75, 3.05) is 25.4 Å². The van der Waals surface area contributed by atoms with Crippen molar-refractivity contribution >= 4 is 21.9 Å². The van der Waals surface area contributed by atoms with E-state index in [4.69, 9.17) is 0 Å². The fourth-order valence-corrected chi connectivity index (χ4v) is 4.86. The van der Waals surface area contributed by atoms with Crippen LogP contribution in [0.25, 0.3) is 0 Å². The van der Waals surface area contributed by atoms with E-state index in [1.807, 2.05) is 0 Å². The van der Waals surface area contributed by atoms with Crippen molar-refractivity contribution < 1.29 is 23.1 Å². The second-order valence-corrected chi connectivity index (χ2v) is 8.98. The standard InChI is InChI=1S/C16H28N2O5S/c1-2-24(22,23)17-10-8-14(9-11-17)18(12-15(19)20)16(21)13-6-4-3-5-7-13/h13-14H,2-12H2,1H3,(H,19,20). The van der Waals surface area contributed by atoms with Crippen molar-refractivity contribution in [2.24, 2.45) is 5.92 Å². The highest BCUT2D eigenvalue weighted by Crippen LogP contribution is 2.28. The molecule has 8 heteroatoms. The van der Waals surface area contributed by atoms with E-state index in [2.05, 4.69) is 0 Å². The molecule has 2 fully saturated rings. The molecule has 0 aromatic rings. The molecule has 1 N–H and O–H groups in total. The van der Waals surface area contributed by atoms with Gasteiger partial charge in [0.1, 0.15) is 6.54 Å². The van der Waals surface area contributed by atoms with Gasteiger partial charge in [-0.2, -0.15) is 0 Å². The number of piperidine rings is 1. The van der Waals surface area contributed by atoms with Crippen LogP contribution in [0.3, 0.4) is 0 Å². The number of nitrogens with zero attached hydrogens (tertiary/aromatic N) is 2. The Morgan fingerprint density at radius 3 is 2.17 bits per heavy atom. The number of carboxylic acid groups (broad SMARTS) is 1. The van der Waals surface area contributed by atoms with Crippen LogP contribution in [0.5, 0.6) is 0 Å². The highest BCUT2D eigenvalue weighted by Gasteiger charge is 2.35. The Labute approximate surface area is 144 Å². The maximum Gasteiger partial charge on any atom is 0.323 e. The maximum absolute atomic E-state index is 12.8. The van der Waals surface area contributed by atoms with Gasteiger partial charge >= 0.3 is 5.97 Å². The number of carbonyl (C=O) groups excluding carboxylic acids is 1. The lowest BCUT2D eigenvalue weighted by Crippen LogP contribution is -2.52. The number of aliphatic carboxylic acids is 1. The summed E-state index contributed by atoms with van der Waals surface area (Å²) in [6.45, 7) is 2.04. The number of amides is 1. The fraction of sp³-hybridized carbons (Fsp3) is 0.875. The molecule has 1 amide bonds. The Balaban J connectivity index is 2.03. The Hall–Kier alpha value is -1.15. The van der Waals surface area contributed by atoms with Gasteiger partial charge in [-0.05, 0) is 32.6 Å². The summed E-state index contributed by atoms with van der Waals surface area (Å²) in [5.41, 5.74) is 0. The lowest BCUT2D eigenvalue weighted by Gasteiger charge is -2.39. The number of sulfonamides is 1. The Morgan fingerprint density at radius 2 is 1.67 bits per heavy atom. The summed E-state index contributed by atoms with van der Waals surface area (Å²) >= 11 is 0. The molecule has 7 nitrogen and oxygen atoms in total. The molecule has 2 rings (SSSR count). The molecule has 1 aliphatic carbocycles. The van der Waals surface area contributed by atoms with Gasteiger partial charge in [0.2, 0.25) is 15.9 Å². The SMILES string of the molecule is CCS(=O)(=O)N1CCC(N(CC(=O)O)C(=O)C2CCCCC2)CC1. The predicted molar refractivity (Wildman–Crippen MR) is 90.0 cm³/mol. The first kappa shape index (κ1) is 19.2. The first-order valence-corrected chi connectivity index (χ1v) is 10.5. The van der Waals surface area contributed by atoms with Crippen molar-refractivity contribution in [3.8, 4) is 0 Å². The highest BCUT2D eigenvalue weighted by atomic mass is 32.2. The van der Waals surface area contributed by atoms with E-state index >= 15 is 0 Å². The third-order valence-electron chi connectivity index (χ3n) is 5.17. The van der Waals surface area contributed by atoms with Gasteiger partial charge in [-0.1, -0.05) is 19.3 Å². The van der Waals surface area contributed by atoms with Crippen LogP contribution < -0.4 is 0 Å². The van der Waals surface area contributed by atoms with E-state index in [0.717, 1.165) is 32.1 Å². The van der Waals surface area contributed by atoms with Crippen molar-refractivity contribution in [3.63, 3.8) is 0 Å². The van der Waals surface area contributed by atoms with Gasteiger partial charge in [0.05, 0.1) is 5.75 Å². The molecule has 0 bridgehead atoms. The molecule has 24 heavy (non-hydrogen) atoms. The number of hydrogen-bond acceptors (Lipinski definition) is 4. The molecule has 0 aromatic heterocycles. The summed E-state index contributed by atoms with van der Waals surface area (Å²) in [6.07, 6.45) is 5.84. The molecule has 1 saturated carbocycles. The average molecular weight is 360 g/mol. The molecule has 138 valence electrons. The first-order valence-electron chi connectivity index (χ1n) is 8.85. The Bertz CT molecular complexity index is 549. The van der Waals surface area contributed by atoms with E-state index in [9.17, 15) is 23.1 Å². The molecule has 1 heterocycles. The van der Waals surface area contributed by atoms with Crippen molar-refractivity contribution in [3.05, 3.63) is 0 Å². The molecular formula is C16H28N2O5S. The third kappa shape index (κ3) is 4.69. The largest absolute Gasteiger partial charge is 0.480 e. The van der Waals surface area contributed by atoms with Crippen LogP contribution in [0.15, 0.2) is 0 Å². The predicted octanol–water partition coefficient (Wildman–Crippen LogP) is 1.29. The van der Waals surface area contributed by atoms with Gasteiger partial charge in [-0.3, -0.25) is 9.59 Å². The van der Waals surface area contributed by atoms with Gasteiger partial charge in [0.25, 0.3) is 0 Å². The number of rotatable bonds is 6. The zero-order chi connectivity index (χ0) is 17.7. The molecule has 0 radical (unpaired) electrons. The van der Waals surface area contributed by atoms with Crippen LogP contribution in [0.4, 0.5) is 0 Å². The summed E-state index contributed by atoms with van der Waals surface area (Å²) in [4.78, 5) is 25.5. The lowest BCUT2D eigenvalue weighted by atomic mass is 9.87. The lowest BCUT2D eigenvalue weighted by molar-refractivity contribution is -0.149. The zero-order valence-electron chi connectivity index (χ0n) is 14.3. The van der Waals surface area contributed by atoms with Crippen LogP contribution in [-0.2, 0) is 19.6 Å². The van der Waals surface area contributed by atoms with E-state index in [0.29, 0.717) is 25.9 Å². The van der Waals surface area contributed by atoms with Crippen LogP contribution in [0, 0.1) is 5.92 Å². The molecule has 0 atom stereocenters. The van der Waals surface area contributed by atoms with Crippen LogP contribution in [-0.4, -0.2) is 66.0 Å². The molecule has 0 unspecified atom stereocenters. The van der Waals surface area contributed by atoms with Crippen molar-refractivity contribution in [1.29, 1.82) is 0 Å². The Kier molecular flexibility index (Phi) is 6.62. The summed E-state index contributed by atoms with van der Waals surface area (Å²) in [6, 6.07) is -0.182. The molecule has 0 aromatic carbocycles. The summed E-state index contributed by atoms with van der Waals surface area (Å²) in [5.74, 6) is -1.08. The van der Waals surface area contributed by atoms with Crippen LogP contribution in [0.1, 0.15) is 51.9 Å². The minimum Gasteiger partial charge on any atom is -0.480 e. The minimum absolute atomic E-state index is 0.0612. The number of carbonyl (C=O) groups is 2. The molecular weight excluding hydrogens is 332 g/mol. The normalized spacial score (nSPS) is 21.5. The number of carboxylic acids is 1. The van der Waals surface area contributed by atoms with Gasteiger partial charge in [-0.15, -0.1) is 0 Å². The van der Waals surface area contributed by atoms with Gasteiger partial charge in [0.15, 0.2) is 0 Å². The third-order valence-corrected chi connectivity index (χ3v) is 7.05. The second-order valence-electron chi connectivity index (χ2n) is 6.73. The minimum atomic E-state index is -3.22. The average Bonchev–Trinajstić information content (AvgIpc) is 2.60. The monoisotopic (exact) mass is 360 g/mol. The first-order chi connectivity index (χ1) is 11.3. The smallest absolute Gasteiger partial charge is 0.323 e. The van der Waals surface area contributed by atoms with E-state index in [-0.39, 0.29) is 30.2 Å². The fourth-order valence-electron chi connectivity index (χ4n) is 3.73. The summed E-state index contributed by atoms with van der Waals surface area (Å²) in [7, 11) is -3.22. The second kappa shape index (κ2) is 8.29. The van der Waals surface area contributed by atoms with Gasteiger partial charge in [0, 0.05) is 25.0 Å². The molecule has 0 spiro atoms. The topological polar surface area (TPSA) is 95.0 Å². The van der Waals surface area contributed by atoms with Crippen LogP contribution in [0.2, 0.25) is 0 Å². The van der Waals surface area contributed by atoms with Crippen LogP contribution >= 0.6 is 0 Å². The molecule has 2 aliphatic rings. The van der Waals surface area contributed by atoms with E-state index in [1.54, 1.807) is 6.92 Å². The Morgan fingerprint density at radius 1 is 1.08 bits per heavy atom. The van der Waals surface area contributed by atoms with Crippen molar-refractivity contribution in [2.45, 2.75) is 57.9 Å². The highest BCUT2D eigenvalue weighted by molar-refractivity contribution is 7.89. The molecule has 1 aliphatic heterocycles. The zero-order valence-corrected chi connectivity index (χ0v) is 15.1. The van der Waals surface area contributed by atoms with Gasteiger partial charge in [-0.25, -0.2) is 12.7 Å². The van der Waals surface area contributed by atoms with Crippen molar-refractivity contribution in [1.82, 2.24) is 9.21 Å². The van der Waals surface area contributed by atoms with E-state index in [1.165, 1.54) is 9.21 Å². The summed E-state index contributed by atoms with van der Waals surface area (Å²) < 4.78 is 25.3.